The van der Waals surface area contributed by atoms with Crippen LogP contribution in [0.5, 0.6) is 0 Å². The number of unbranched alkanes of at least 4 members (excludes halogenated alkanes) is 4. The van der Waals surface area contributed by atoms with Gasteiger partial charge in [-0.2, -0.15) is 0 Å². The van der Waals surface area contributed by atoms with Gasteiger partial charge in [-0.3, -0.25) is 0 Å². The third kappa shape index (κ3) is 6.58. The van der Waals surface area contributed by atoms with Crippen molar-refractivity contribution in [3.05, 3.63) is 0 Å². The van der Waals surface area contributed by atoms with E-state index in [1.54, 1.807) is 0 Å². The zero-order valence-electron chi connectivity index (χ0n) is 8.58. The van der Waals surface area contributed by atoms with Crippen molar-refractivity contribution >= 4 is 5.97 Å². The highest BCUT2D eigenvalue weighted by atomic mass is 16.5. The van der Waals surface area contributed by atoms with E-state index in [4.69, 9.17) is 0 Å². The molecular formula is C10H20O3. The number of esters is 1. The summed E-state index contributed by atoms with van der Waals surface area (Å²) in [6.45, 7) is 2.16. The SMILES string of the molecule is CCCCCCCC(O)C(=O)OC. The molecule has 1 N–H and O–H groups in total. The number of aliphatic hydroxyl groups is 1. The molecule has 0 spiro atoms. The van der Waals surface area contributed by atoms with Crippen LogP contribution in [-0.4, -0.2) is 24.3 Å². The Morgan fingerprint density at radius 1 is 1.31 bits per heavy atom. The summed E-state index contributed by atoms with van der Waals surface area (Å²) in [6, 6.07) is 0. The molecule has 78 valence electrons. The molecule has 0 aliphatic rings. The van der Waals surface area contributed by atoms with Crippen molar-refractivity contribution in [1.82, 2.24) is 0 Å². The second-order valence-corrected chi connectivity index (χ2v) is 3.24. The van der Waals surface area contributed by atoms with Gasteiger partial charge < -0.3 is 9.84 Å². The lowest BCUT2D eigenvalue weighted by molar-refractivity contribution is -0.150. The summed E-state index contributed by atoms with van der Waals surface area (Å²) in [6.07, 6.45) is 5.21. The Morgan fingerprint density at radius 3 is 2.46 bits per heavy atom. The van der Waals surface area contributed by atoms with Crippen LogP contribution in [0.3, 0.4) is 0 Å². The summed E-state index contributed by atoms with van der Waals surface area (Å²) in [5.41, 5.74) is 0. The van der Waals surface area contributed by atoms with Crippen LogP contribution in [0, 0.1) is 0 Å². The zero-order chi connectivity index (χ0) is 10.1. The molecule has 1 atom stereocenters. The lowest BCUT2D eigenvalue weighted by Gasteiger charge is -2.07. The quantitative estimate of drug-likeness (QED) is 0.490. The van der Waals surface area contributed by atoms with Gasteiger partial charge in [-0.1, -0.05) is 39.0 Å². The molecule has 3 heteroatoms. The molecule has 0 aliphatic carbocycles. The number of rotatable bonds is 7. The Kier molecular flexibility index (Phi) is 7.69. The van der Waals surface area contributed by atoms with Gasteiger partial charge in [0.2, 0.25) is 0 Å². The van der Waals surface area contributed by atoms with E-state index in [9.17, 15) is 9.90 Å². The Hall–Kier alpha value is -0.570. The van der Waals surface area contributed by atoms with Gasteiger partial charge in [0.25, 0.3) is 0 Å². The van der Waals surface area contributed by atoms with Gasteiger partial charge in [0.15, 0.2) is 6.10 Å². The van der Waals surface area contributed by atoms with Gasteiger partial charge in [0, 0.05) is 0 Å². The summed E-state index contributed by atoms with van der Waals surface area (Å²) < 4.78 is 4.40. The molecule has 13 heavy (non-hydrogen) atoms. The van der Waals surface area contributed by atoms with E-state index >= 15 is 0 Å². The van der Waals surface area contributed by atoms with Crippen molar-refractivity contribution in [2.24, 2.45) is 0 Å². The third-order valence-electron chi connectivity index (χ3n) is 2.05. The number of methoxy groups -OCH3 is 1. The fraction of sp³-hybridized carbons (Fsp3) is 0.900. The highest BCUT2D eigenvalue weighted by Crippen LogP contribution is 2.07. The van der Waals surface area contributed by atoms with Gasteiger partial charge in [0.1, 0.15) is 0 Å². The van der Waals surface area contributed by atoms with Crippen LogP contribution >= 0.6 is 0 Å². The standard InChI is InChI=1S/C10H20O3/c1-3-4-5-6-7-8-9(11)10(12)13-2/h9,11H,3-8H2,1-2H3. The largest absolute Gasteiger partial charge is 0.467 e. The Bertz CT molecular complexity index is 134. The van der Waals surface area contributed by atoms with Crippen LogP contribution < -0.4 is 0 Å². The van der Waals surface area contributed by atoms with E-state index < -0.39 is 12.1 Å². The Labute approximate surface area is 80.1 Å². The topological polar surface area (TPSA) is 46.5 Å². The number of carbonyl (C=O) groups excluding carboxylic acids is 1. The molecule has 0 radical (unpaired) electrons. The first-order valence-electron chi connectivity index (χ1n) is 4.98. The van der Waals surface area contributed by atoms with Crippen molar-refractivity contribution in [2.75, 3.05) is 7.11 Å². The molecule has 0 aromatic heterocycles. The molecule has 0 aromatic carbocycles. The molecule has 0 saturated heterocycles. The highest BCUT2D eigenvalue weighted by molar-refractivity contribution is 5.74. The third-order valence-corrected chi connectivity index (χ3v) is 2.05. The van der Waals surface area contributed by atoms with Crippen LogP contribution in [0.4, 0.5) is 0 Å². The molecule has 0 aliphatic heterocycles. The molecule has 0 aromatic rings. The van der Waals surface area contributed by atoms with Crippen molar-refractivity contribution < 1.29 is 14.6 Å². The summed E-state index contributed by atoms with van der Waals surface area (Å²) >= 11 is 0. The lowest BCUT2D eigenvalue weighted by atomic mass is 10.1. The Balaban J connectivity index is 3.26. The van der Waals surface area contributed by atoms with Gasteiger partial charge in [0.05, 0.1) is 7.11 Å². The fourth-order valence-electron chi connectivity index (χ4n) is 1.20. The first kappa shape index (κ1) is 12.4. The molecule has 0 saturated carbocycles. The van der Waals surface area contributed by atoms with Crippen LogP contribution in [0.25, 0.3) is 0 Å². The predicted molar refractivity (Wildman–Crippen MR) is 51.4 cm³/mol. The minimum atomic E-state index is -0.924. The van der Waals surface area contributed by atoms with E-state index in [1.807, 2.05) is 0 Å². The first-order valence-corrected chi connectivity index (χ1v) is 4.98. The first-order chi connectivity index (χ1) is 6.22. The average molecular weight is 188 g/mol. The predicted octanol–water partition coefficient (Wildman–Crippen LogP) is 1.88. The minimum absolute atomic E-state index is 0.518. The fourth-order valence-corrected chi connectivity index (χ4v) is 1.20. The number of aliphatic hydroxyl groups excluding tert-OH is 1. The smallest absolute Gasteiger partial charge is 0.334 e. The van der Waals surface area contributed by atoms with Crippen LogP contribution in [0.1, 0.15) is 45.4 Å². The van der Waals surface area contributed by atoms with Crippen LogP contribution in [-0.2, 0) is 9.53 Å². The maximum Gasteiger partial charge on any atom is 0.334 e. The normalized spacial score (nSPS) is 12.5. The van der Waals surface area contributed by atoms with Gasteiger partial charge in [-0.05, 0) is 6.42 Å². The number of ether oxygens (including phenoxy) is 1. The second-order valence-electron chi connectivity index (χ2n) is 3.24. The molecule has 0 amide bonds. The maximum absolute atomic E-state index is 10.8. The van der Waals surface area contributed by atoms with Gasteiger partial charge in [-0.25, -0.2) is 4.79 Å². The average Bonchev–Trinajstić information content (AvgIpc) is 2.16. The molecule has 0 rings (SSSR count). The molecular weight excluding hydrogens is 168 g/mol. The maximum atomic E-state index is 10.8. The van der Waals surface area contributed by atoms with E-state index in [0.717, 1.165) is 12.8 Å². The molecule has 0 fully saturated rings. The van der Waals surface area contributed by atoms with Gasteiger partial charge in [-0.15, -0.1) is 0 Å². The van der Waals surface area contributed by atoms with Crippen molar-refractivity contribution in [3.8, 4) is 0 Å². The molecule has 1 unspecified atom stereocenters. The van der Waals surface area contributed by atoms with E-state index in [0.29, 0.717) is 6.42 Å². The summed E-state index contributed by atoms with van der Waals surface area (Å²) in [7, 11) is 1.29. The zero-order valence-corrected chi connectivity index (χ0v) is 8.58. The summed E-state index contributed by atoms with van der Waals surface area (Å²) in [5, 5.41) is 9.20. The number of carbonyl (C=O) groups is 1. The van der Waals surface area contributed by atoms with E-state index in [2.05, 4.69) is 11.7 Å². The minimum Gasteiger partial charge on any atom is -0.467 e. The van der Waals surface area contributed by atoms with Crippen molar-refractivity contribution in [3.63, 3.8) is 0 Å². The molecule has 0 heterocycles. The highest BCUT2D eigenvalue weighted by Gasteiger charge is 2.13. The molecule has 3 nitrogen and oxygen atoms in total. The second kappa shape index (κ2) is 8.05. The monoisotopic (exact) mass is 188 g/mol. The van der Waals surface area contributed by atoms with E-state index in [-0.39, 0.29) is 0 Å². The molecule has 0 bridgehead atoms. The Morgan fingerprint density at radius 2 is 1.92 bits per heavy atom. The number of hydrogen-bond acceptors (Lipinski definition) is 3. The lowest BCUT2D eigenvalue weighted by Crippen LogP contribution is -2.21. The summed E-state index contributed by atoms with van der Waals surface area (Å²) in [4.78, 5) is 10.8. The summed E-state index contributed by atoms with van der Waals surface area (Å²) in [5.74, 6) is -0.518. The van der Waals surface area contributed by atoms with Crippen molar-refractivity contribution in [2.45, 2.75) is 51.6 Å². The van der Waals surface area contributed by atoms with Gasteiger partial charge >= 0.3 is 5.97 Å². The van der Waals surface area contributed by atoms with Crippen molar-refractivity contribution in [1.29, 1.82) is 0 Å². The van der Waals surface area contributed by atoms with Crippen LogP contribution in [0.2, 0.25) is 0 Å². The van der Waals surface area contributed by atoms with E-state index in [1.165, 1.54) is 26.4 Å². The van der Waals surface area contributed by atoms with Crippen LogP contribution in [0.15, 0.2) is 0 Å². The number of hydrogen-bond donors (Lipinski definition) is 1.